The zero-order valence-corrected chi connectivity index (χ0v) is 17.4. The highest BCUT2D eigenvalue weighted by atomic mass is 35.5. The minimum atomic E-state index is -0.553. The minimum absolute atomic E-state index is 0.0173. The van der Waals surface area contributed by atoms with Gasteiger partial charge in [0.05, 0.1) is 24.4 Å². The number of ketones is 1. The molecular weight excluding hydrogens is 420 g/mol. The van der Waals surface area contributed by atoms with Crippen molar-refractivity contribution in [1.29, 1.82) is 0 Å². The van der Waals surface area contributed by atoms with Crippen LogP contribution in [0.25, 0.3) is 10.2 Å². The highest BCUT2D eigenvalue weighted by molar-refractivity contribution is 7.99. The molecule has 0 unspecified atom stereocenters. The molecule has 3 rings (SSSR count). The van der Waals surface area contributed by atoms with Crippen LogP contribution in [0.5, 0.6) is 0 Å². The zero-order chi connectivity index (χ0) is 20.1. The van der Waals surface area contributed by atoms with Crippen molar-refractivity contribution in [2.24, 2.45) is 0 Å². The number of thioether (sulfide) groups is 1. The van der Waals surface area contributed by atoms with Crippen molar-refractivity contribution in [3.8, 4) is 0 Å². The predicted molar refractivity (Wildman–Crippen MR) is 111 cm³/mol. The number of benzene rings is 1. The summed E-state index contributed by atoms with van der Waals surface area (Å²) in [6, 6.07) is 9.03. The Balaban J connectivity index is 1.88. The number of carbonyl (C=O) groups excluding carboxylic acids is 2. The first kappa shape index (κ1) is 20.6. The first-order valence-electron chi connectivity index (χ1n) is 8.51. The van der Waals surface area contributed by atoms with Crippen molar-refractivity contribution >= 4 is 56.7 Å². The summed E-state index contributed by atoms with van der Waals surface area (Å²) < 4.78 is 6.86. The highest BCUT2D eigenvalue weighted by Gasteiger charge is 2.17. The van der Waals surface area contributed by atoms with Crippen molar-refractivity contribution in [2.75, 3.05) is 12.4 Å². The van der Waals surface area contributed by atoms with Crippen LogP contribution >= 0.6 is 34.7 Å². The van der Waals surface area contributed by atoms with Gasteiger partial charge in [-0.15, -0.1) is 11.3 Å². The third-order valence-electron chi connectivity index (χ3n) is 3.83. The van der Waals surface area contributed by atoms with E-state index in [-0.39, 0.29) is 36.7 Å². The number of ether oxygens (including phenoxy) is 1. The molecule has 6 nitrogen and oxygen atoms in total. The number of rotatable bonds is 8. The van der Waals surface area contributed by atoms with Gasteiger partial charge in [-0.2, -0.15) is 0 Å². The minimum Gasteiger partial charge on any atom is -0.466 e. The molecule has 0 N–H and O–H groups in total. The summed E-state index contributed by atoms with van der Waals surface area (Å²) in [5.74, 6) is -0.820. The van der Waals surface area contributed by atoms with Crippen molar-refractivity contribution < 1.29 is 14.3 Å². The van der Waals surface area contributed by atoms with E-state index in [1.807, 2.05) is 18.2 Å². The van der Waals surface area contributed by atoms with Gasteiger partial charge in [-0.3, -0.25) is 19.0 Å². The Labute approximate surface area is 174 Å². The molecule has 3 aromatic rings. The Morgan fingerprint density at radius 1 is 1.29 bits per heavy atom. The lowest BCUT2D eigenvalue weighted by Gasteiger charge is -2.12. The molecule has 0 fully saturated rings. The standard InChI is InChI=1S/C19H17ClN2O4S2/c1-2-26-16(24)9-13(23)11-28-19-21-15-7-8-27-17(15)18(25)22(19)10-12-5-3-4-6-14(12)20/h3-8H,2,9-11H2,1H3. The molecular formula is C19H17ClN2O4S2. The van der Waals surface area contributed by atoms with E-state index in [4.69, 9.17) is 16.3 Å². The summed E-state index contributed by atoms with van der Waals surface area (Å²) in [6.07, 6.45) is -0.295. The number of carbonyl (C=O) groups is 2. The molecule has 28 heavy (non-hydrogen) atoms. The summed E-state index contributed by atoms with van der Waals surface area (Å²) in [4.78, 5) is 41.0. The second-order valence-corrected chi connectivity index (χ2v) is 8.09. The van der Waals surface area contributed by atoms with Crippen LogP contribution in [-0.4, -0.2) is 33.7 Å². The maximum absolute atomic E-state index is 13.0. The predicted octanol–water partition coefficient (Wildman–Crippen LogP) is 3.77. The lowest BCUT2D eigenvalue weighted by Crippen LogP contribution is -2.24. The van der Waals surface area contributed by atoms with E-state index in [1.54, 1.807) is 24.4 Å². The van der Waals surface area contributed by atoms with Gasteiger partial charge in [-0.25, -0.2) is 4.98 Å². The zero-order valence-electron chi connectivity index (χ0n) is 15.0. The van der Waals surface area contributed by atoms with Gasteiger partial charge in [0.15, 0.2) is 10.9 Å². The van der Waals surface area contributed by atoms with Crippen LogP contribution in [0.4, 0.5) is 0 Å². The average Bonchev–Trinajstić information content (AvgIpc) is 3.13. The smallest absolute Gasteiger partial charge is 0.313 e. The van der Waals surface area contributed by atoms with Gasteiger partial charge < -0.3 is 4.74 Å². The molecule has 0 aliphatic carbocycles. The van der Waals surface area contributed by atoms with Crippen molar-refractivity contribution in [3.05, 3.63) is 56.7 Å². The molecule has 146 valence electrons. The molecule has 0 amide bonds. The van der Waals surface area contributed by atoms with Crippen LogP contribution < -0.4 is 5.56 Å². The molecule has 1 aromatic carbocycles. The Morgan fingerprint density at radius 2 is 2.07 bits per heavy atom. The third kappa shape index (κ3) is 4.81. The van der Waals surface area contributed by atoms with Gasteiger partial charge in [-0.1, -0.05) is 41.6 Å². The van der Waals surface area contributed by atoms with Crippen LogP contribution in [0.3, 0.4) is 0 Å². The first-order chi connectivity index (χ1) is 13.5. The monoisotopic (exact) mass is 436 g/mol. The molecule has 0 bridgehead atoms. The molecule has 0 radical (unpaired) electrons. The van der Waals surface area contributed by atoms with Gasteiger partial charge in [0, 0.05) is 5.02 Å². The highest BCUT2D eigenvalue weighted by Crippen LogP contribution is 2.23. The van der Waals surface area contributed by atoms with E-state index in [2.05, 4.69) is 4.98 Å². The van der Waals surface area contributed by atoms with Gasteiger partial charge in [0.1, 0.15) is 11.1 Å². The number of hydrogen-bond donors (Lipinski definition) is 0. The molecule has 0 atom stereocenters. The SMILES string of the molecule is CCOC(=O)CC(=O)CSc1nc2ccsc2c(=O)n1Cc1ccccc1Cl. The number of esters is 1. The van der Waals surface area contributed by atoms with E-state index in [1.165, 1.54) is 15.9 Å². The number of hydrogen-bond acceptors (Lipinski definition) is 7. The number of fused-ring (bicyclic) bond motifs is 1. The van der Waals surface area contributed by atoms with E-state index in [0.29, 0.717) is 20.4 Å². The molecule has 0 aliphatic heterocycles. The largest absolute Gasteiger partial charge is 0.466 e. The first-order valence-corrected chi connectivity index (χ1v) is 10.8. The Hall–Kier alpha value is -2.16. The fourth-order valence-electron chi connectivity index (χ4n) is 2.54. The van der Waals surface area contributed by atoms with Crippen LogP contribution in [0.2, 0.25) is 5.02 Å². The number of Topliss-reactive ketones (excluding diaryl/α,β-unsaturated/α-hetero) is 1. The second-order valence-electron chi connectivity index (χ2n) is 5.82. The molecule has 9 heteroatoms. The number of aromatic nitrogens is 2. The van der Waals surface area contributed by atoms with Crippen molar-refractivity contribution in [1.82, 2.24) is 9.55 Å². The maximum Gasteiger partial charge on any atom is 0.313 e. The molecule has 2 aromatic heterocycles. The molecule has 0 spiro atoms. The third-order valence-corrected chi connectivity index (χ3v) is 6.12. The lowest BCUT2D eigenvalue weighted by molar-refractivity contribution is -0.145. The fourth-order valence-corrected chi connectivity index (χ4v) is 4.37. The number of halogens is 1. The number of thiophene rings is 1. The van der Waals surface area contributed by atoms with E-state index >= 15 is 0 Å². The Morgan fingerprint density at radius 3 is 2.82 bits per heavy atom. The average molecular weight is 437 g/mol. The lowest BCUT2D eigenvalue weighted by atomic mass is 10.2. The van der Waals surface area contributed by atoms with Gasteiger partial charge in [0.2, 0.25) is 0 Å². The fraction of sp³-hybridized carbons (Fsp3) is 0.263. The van der Waals surface area contributed by atoms with Crippen LogP contribution in [0, 0.1) is 0 Å². The normalized spacial score (nSPS) is 10.9. The summed E-state index contributed by atoms with van der Waals surface area (Å²) in [7, 11) is 0. The van der Waals surface area contributed by atoms with E-state index < -0.39 is 5.97 Å². The summed E-state index contributed by atoms with van der Waals surface area (Å²) in [5.41, 5.74) is 1.19. The van der Waals surface area contributed by atoms with Gasteiger partial charge >= 0.3 is 5.97 Å². The van der Waals surface area contributed by atoms with Gasteiger partial charge in [0.25, 0.3) is 5.56 Å². The van der Waals surface area contributed by atoms with E-state index in [0.717, 1.165) is 17.3 Å². The molecule has 0 saturated carbocycles. The summed E-state index contributed by atoms with van der Waals surface area (Å²) in [5, 5.41) is 2.77. The second kappa shape index (κ2) is 9.36. The van der Waals surface area contributed by atoms with Crippen LogP contribution in [0.15, 0.2) is 45.7 Å². The molecule has 0 aliphatic rings. The van der Waals surface area contributed by atoms with Crippen LogP contribution in [-0.2, 0) is 20.9 Å². The van der Waals surface area contributed by atoms with Crippen LogP contribution in [0.1, 0.15) is 18.9 Å². The summed E-state index contributed by atoms with van der Waals surface area (Å²) in [6.45, 7) is 2.16. The molecule has 2 heterocycles. The topological polar surface area (TPSA) is 78.3 Å². The number of nitrogens with zero attached hydrogens (tertiary/aromatic N) is 2. The quantitative estimate of drug-likeness (QED) is 0.231. The molecule has 0 saturated heterocycles. The van der Waals surface area contributed by atoms with Crippen molar-refractivity contribution in [2.45, 2.75) is 25.0 Å². The van der Waals surface area contributed by atoms with Crippen molar-refractivity contribution in [3.63, 3.8) is 0 Å². The Bertz CT molecular complexity index is 1080. The van der Waals surface area contributed by atoms with E-state index in [9.17, 15) is 14.4 Å². The summed E-state index contributed by atoms with van der Waals surface area (Å²) >= 11 is 8.70. The maximum atomic E-state index is 13.0. The van der Waals surface area contributed by atoms with Gasteiger partial charge in [-0.05, 0) is 30.0 Å². The Kier molecular flexibility index (Phi) is 6.88.